The van der Waals surface area contributed by atoms with Gasteiger partial charge in [0, 0.05) is 24.2 Å². The molecule has 0 fully saturated rings. The van der Waals surface area contributed by atoms with Crippen LogP contribution in [0.3, 0.4) is 0 Å². The number of hydrogen-bond donors (Lipinski definition) is 2. The number of nitrogens with two attached hydrogens (primary N) is 1. The molecule has 0 heterocycles. The summed E-state index contributed by atoms with van der Waals surface area (Å²) in [6, 6.07) is 6.14. The van der Waals surface area contributed by atoms with E-state index in [0.29, 0.717) is 11.6 Å². The third-order valence-electron chi connectivity index (χ3n) is 3.09. The van der Waals surface area contributed by atoms with Crippen LogP contribution < -0.4 is 11.1 Å². The van der Waals surface area contributed by atoms with E-state index in [1.165, 1.54) is 6.07 Å². The highest BCUT2D eigenvalue weighted by Crippen LogP contribution is 2.20. The highest BCUT2D eigenvalue weighted by atomic mass is 19.2. The van der Waals surface area contributed by atoms with Gasteiger partial charge in [-0.2, -0.15) is 0 Å². The Morgan fingerprint density at radius 2 is 1.90 bits per heavy atom. The van der Waals surface area contributed by atoms with Gasteiger partial charge in [0.05, 0.1) is 5.69 Å². The van der Waals surface area contributed by atoms with Gasteiger partial charge >= 0.3 is 0 Å². The van der Waals surface area contributed by atoms with Gasteiger partial charge in [0.15, 0.2) is 11.6 Å². The minimum Gasteiger partial charge on any atom is -0.378 e. The number of nitrogens with one attached hydrogen (secondary N) is 1. The predicted octanol–water partition coefficient (Wildman–Crippen LogP) is 3.12. The summed E-state index contributed by atoms with van der Waals surface area (Å²) in [5, 5.41) is 2.63. The summed E-state index contributed by atoms with van der Waals surface area (Å²) in [6.07, 6.45) is 0. The van der Waals surface area contributed by atoms with Crippen molar-refractivity contribution in [2.45, 2.75) is 13.5 Å². The Kier molecular flexibility index (Phi) is 4.16. The number of benzene rings is 2. The topological polar surface area (TPSA) is 55.1 Å². The molecule has 2 rings (SSSR count). The fourth-order valence-corrected chi connectivity index (χ4v) is 1.92. The third kappa shape index (κ3) is 3.34. The lowest BCUT2D eigenvalue weighted by Gasteiger charge is -2.11. The fraction of sp³-hybridized carbons (Fsp3) is 0.133. The van der Waals surface area contributed by atoms with Gasteiger partial charge in [-0.15, -0.1) is 0 Å². The lowest BCUT2D eigenvalue weighted by Crippen LogP contribution is -2.12. The normalized spacial score (nSPS) is 10.5. The molecule has 0 spiro atoms. The first-order valence-electron chi connectivity index (χ1n) is 6.16. The van der Waals surface area contributed by atoms with Crippen LogP contribution in [-0.2, 0) is 6.54 Å². The number of halogens is 3. The molecule has 3 nitrogen and oxygen atoms in total. The number of rotatable bonds is 4. The van der Waals surface area contributed by atoms with Crippen molar-refractivity contribution in [2.24, 2.45) is 5.73 Å². The largest absolute Gasteiger partial charge is 0.378 e. The van der Waals surface area contributed by atoms with E-state index in [1.54, 1.807) is 19.1 Å². The molecular weight excluding hydrogens is 281 g/mol. The van der Waals surface area contributed by atoms with Crippen LogP contribution in [0.25, 0.3) is 0 Å². The molecule has 0 bridgehead atoms. The SMILES string of the molecule is Cc1cc(C(N)=O)ccc1CNc1cc(F)cc(F)c1F. The van der Waals surface area contributed by atoms with Crippen LogP contribution in [0.4, 0.5) is 18.9 Å². The summed E-state index contributed by atoms with van der Waals surface area (Å²) in [6.45, 7) is 1.91. The van der Waals surface area contributed by atoms with Gasteiger partial charge in [0.1, 0.15) is 5.82 Å². The highest BCUT2D eigenvalue weighted by molar-refractivity contribution is 5.93. The first-order valence-corrected chi connectivity index (χ1v) is 6.16. The Labute approximate surface area is 119 Å². The lowest BCUT2D eigenvalue weighted by atomic mass is 10.0. The summed E-state index contributed by atoms with van der Waals surface area (Å²) in [7, 11) is 0. The van der Waals surface area contributed by atoms with E-state index in [-0.39, 0.29) is 12.2 Å². The van der Waals surface area contributed by atoms with Crippen LogP contribution in [0.5, 0.6) is 0 Å². The molecule has 0 aliphatic carbocycles. The van der Waals surface area contributed by atoms with Crippen LogP contribution in [0.1, 0.15) is 21.5 Å². The Morgan fingerprint density at radius 3 is 2.52 bits per heavy atom. The van der Waals surface area contributed by atoms with Gasteiger partial charge in [-0.05, 0) is 30.2 Å². The summed E-state index contributed by atoms with van der Waals surface area (Å²) >= 11 is 0. The van der Waals surface area contributed by atoms with E-state index >= 15 is 0 Å². The average molecular weight is 294 g/mol. The molecule has 0 unspecified atom stereocenters. The number of primary amides is 1. The van der Waals surface area contributed by atoms with Crippen molar-refractivity contribution in [2.75, 3.05) is 5.32 Å². The van der Waals surface area contributed by atoms with Crippen molar-refractivity contribution < 1.29 is 18.0 Å². The number of anilines is 1. The second-order valence-corrected chi connectivity index (χ2v) is 4.61. The maximum absolute atomic E-state index is 13.5. The van der Waals surface area contributed by atoms with Crippen molar-refractivity contribution in [3.05, 3.63) is 64.5 Å². The lowest BCUT2D eigenvalue weighted by molar-refractivity contribution is 0.1000. The molecule has 1 amide bonds. The van der Waals surface area contributed by atoms with E-state index in [0.717, 1.165) is 17.2 Å². The van der Waals surface area contributed by atoms with Gasteiger partial charge in [0.2, 0.25) is 5.91 Å². The quantitative estimate of drug-likeness (QED) is 0.851. The summed E-state index contributed by atoms with van der Waals surface area (Å²) in [5.74, 6) is -3.80. The summed E-state index contributed by atoms with van der Waals surface area (Å²) in [4.78, 5) is 11.0. The number of hydrogen-bond acceptors (Lipinski definition) is 2. The number of carbonyl (C=O) groups excluding carboxylic acids is 1. The van der Waals surface area contributed by atoms with E-state index in [9.17, 15) is 18.0 Å². The second kappa shape index (κ2) is 5.87. The Bertz CT molecular complexity index is 702. The Morgan fingerprint density at radius 1 is 1.19 bits per heavy atom. The van der Waals surface area contributed by atoms with Crippen LogP contribution in [-0.4, -0.2) is 5.91 Å². The molecular formula is C15H13F3N2O. The molecule has 0 aromatic heterocycles. The molecule has 0 saturated heterocycles. The molecule has 0 aliphatic rings. The first kappa shape index (κ1) is 14.9. The van der Waals surface area contributed by atoms with Gasteiger partial charge in [-0.1, -0.05) is 6.07 Å². The smallest absolute Gasteiger partial charge is 0.248 e. The summed E-state index contributed by atoms with van der Waals surface area (Å²) < 4.78 is 39.6. The third-order valence-corrected chi connectivity index (χ3v) is 3.09. The molecule has 0 aliphatic heterocycles. The molecule has 0 atom stereocenters. The minimum atomic E-state index is -1.25. The minimum absolute atomic E-state index is 0.157. The van der Waals surface area contributed by atoms with Gasteiger partial charge in [-0.3, -0.25) is 4.79 Å². The van der Waals surface area contributed by atoms with E-state index in [1.807, 2.05) is 0 Å². The average Bonchev–Trinajstić information content (AvgIpc) is 2.42. The molecule has 6 heteroatoms. The van der Waals surface area contributed by atoms with Crippen LogP contribution in [0, 0.1) is 24.4 Å². The van der Waals surface area contributed by atoms with Gasteiger partial charge < -0.3 is 11.1 Å². The van der Waals surface area contributed by atoms with Crippen molar-refractivity contribution in [1.29, 1.82) is 0 Å². The van der Waals surface area contributed by atoms with Crippen molar-refractivity contribution in [1.82, 2.24) is 0 Å². The number of carbonyl (C=O) groups is 1. The van der Waals surface area contributed by atoms with E-state index in [2.05, 4.69) is 5.32 Å². The molecule has 0 saturated carbocycles. The zero-order valence-electron chi connectivity index (χ0n) is 11.2. The van der Waals surface area contributed by atoms with Crippen molar-refractivity contribution in [3.8, 4) is 0 Å². The fourth-order valence-electron chi connectivity index (χ4n) is 1.92. The first-order chi connectivity index (χ1) is 9.88. The molecule has 2 aromatic rings. The zero-order chi connectivity index (χ0) is 15.6. The molecule has 110 valence electrons. The Hall–Kier alpha value is -2.50. The standard InChI is InChI=1S/C15H13F3N2O/c1-8-4-9(15(19)21)2-3-10(8)7-20-13-6-11(16)5-12(17)14(13)18/h2-6,20H,7H2,1H3,(H2,19,21). The molecule has 21 heavy (non-hydrogen) atoms. The number of amides is 1. The monoisotopic (exact) mass is 294 g/mol. The van der Waals surface area contributed by atoms with Crippen LogP contribution in [0.15, 0.2) is 30.3 Å². The van der Waals surface area contributed by atoms with E-state index < -0.39 is 23.4 Å². The number of aryl methyl sites for hydroxylation is 1. The zero-order valence-corrected chi connectivity index (χ0v) is 11.2. The molecule has 0 radical (unpaired) electrons. The van der Waals surface area contributed by atoms with Crippen molar-refractivity contribution in [3.63, 3.8) is 0 Å². The predicted molar refractivity (Wildman–Crippen MR) is 73.3 cm³/mol. The van der Waals surface area contributed by atoms with Gasteiger partial charge in [0.25, 0.3) is 0 Å². The van der Waals surface area contributed by atoms with Gasteiger partial charge in [-0.25, -0.2) is 13.2 Å². The van der Waals surface area contributed by atoms with Crippen LogP contribution in [0.2, 0.25) is 0 Å². The van der Waals surface area contributed by atoms with E-state index in [4.69, 9.17) is 5.73 Å². The van der Waals surface area contributed by atoms with Crippen molar-refractivity contribution >= 4 is 11.6 Å². The maximum Gasteiger partial charge on any atom is 0.248 e. The highest BCUT2D eigenvalue weighted by Gasteiger charge is 2.11. The molecule has 3 N–H and O–H groups in total. The van der Waals surface area contributed by atoms with Crippen LogP contribution >= 0.6 is 0 Å². The second-order valence-electron chi connectivity index (χ2n) is 4.61. The maximum atomic E-state index is 13.5. The molecule has 2 aromatic carbocycles. The Balaban J connectivity index is 2.19. The summed E-state index contributed by atoms with van der Waals surface area (Å²) in [5.41, 5.74) is 6.78.